The summed E-state index contributed by atoms with van der Waals surface area (Å²) in [7, 11) is 1.64. The SMILES string of the molecule is CCOc1ccc(-c2ccc(=O)n(CCNC(=O)C3CCN(c4ccc(-c5ccccc5OC)nn4)CC3)n2)cc1. The normalized spacial score (nSPS) is 13.6. The summed E-state index contributed by atoms with van der Waals surface area (Å²) < 4.78 is 12.3. The van der Waals surface area contributed by atoms with Gasteiger partial charge < -0.3 is 19.7 Å². The molecule has 2 aromatic carbocycles. The number of nitrogens with one attached hydrogen (secondary N) is 1. The minimum Gasteiger partial charge on any atom is -0.496 e. The quantitative estimate of drug-likeness (QED) is 0.315. The van der Waals surface area contributed by atoms with Gasteiger partial charge in [0.1, 0.15) is 11.5 Å². The Hall–Kier alpha value is -4.73. The van der Waals surface area contributed by atoms with Gasteiger partial charge in [-0.3, -0.25) is 9.59 Å². The number of ether oxygens (including phenoxy) is 2. The maximum Gasteiger partial charge on any atom is 0.266 e. The Balaban J connectivity index is 1.11. The van der Waals surface area contributed by atoms with E-state index in [4.69, 9.17) is 9.47 Å². The number of piperidine rings is 1. The van der Waals surface area contributed by atoms with Gasteiger partial charge in [-0.25, -0.2) is 4.68 Å². The molecule has 1 amide bonds. The van der Waals surface area contributed by atoms with Crippen LogP contribution in [0.5, 0.6) is 11.5 Å². The molecular weight excluding hydrogens is 520 g/mol. The van der Waals surface area contributed by atoms with Crippen molar-refractivity contribution in [2.75, 3.05) is 38.3 Å². The molecule has 0 aliphatic carbocycles. The van der Waals surface area contributed by atoms with Crippen molar-refractivity contribution < 1.29 is 14.3 Å². The van der Waals surface area contributed by atoms with Crippen LogP contribution < -0.4 is 25.2 Å². The van der Waals surface area contributed by atoms with Crippen molar-refractivity contribution in [1.82, 2.24) is 25.3 Å². The van der Waals surface area contributed by atoms with Crippen LogP contribution in [0.4, 0.5) is 5.82 Å². The van der Waals surface area contributed by atoms with Crippen LogP contribution in [0, 0.1) is 5.92 Å². The van der Waals surface area contributed by atoms with Gasteiger partial charge in [0, 0.05) is 42.7 Å². The van der Waals surface area contributed by atoms with E-state index in [2.05, 4.69) is 25.5 Å². The van der Waals surface area contributed by atoms with Gasteiger partial charge in [0.25, 0.3) is 5.56 Å². The van der Waals surface area contributed by atoms with E-state index in [1.54, 1.807) is 13.2 Å². The fourth-order valence-corrected chi connectivity index (χ4v) is 4.95. The van der Waals surface area contributed by atoms with Crippen LogP contribution in [0.2, 0.25) is 0 Å². The number of aromatic nitrogens is 4. The molecular formula is C31H34N6O4. The molecule has 0 bridgehead atoms. The summed E-state index contributed by atoms with van der Waals surface area (Å²) in [5, 5.41) is 16.3. The summed E-state index contributed by atoms with van der Waals surface area (Å²) in [5.41, 5.74) is 3.01. The Kier molecular flexibility index (Phi) is 8.88. The molecule has 4 aromatic rings. The molecule has 10 nitrogen and oxygen atoms in total. The Morgan fingerprint density at radius 3 is 2.41 bits per heavy atom. The second-order valence-electron chi connectivity index (χ2n) is 9.77. The van der Waals surface area contributed by atoms with E-state index < -0.39 is 0 Å². The topological polar surface area (TPSA) is 111 Å². The van der Waals surface area contributed by atoms with E-state index in [1.807, 2.05) is 67.6 Å². The Labute approximate surface area is 238 Å². The lowest BCUT2D eigenvalue weighted by Crippen LogP contribution is -2.42. The smallest absolute Gasteiger partial charge is 0.266 e. The molecule has 0 unspecified atom stereocenters. The van der Waals surface area contributed by atoms with Gasteiger partial charge >= 0.3 is 0 Å². The molecule has 3 heterocycles. The van der Waals surface area contributed by atoms with Crippen LogP contribution in [0.1, 0.15) is 19.8 Å². The number of anilines is 1. The van der Waals surface area contributed by atoms with E-state index in [-0.39, 0.29) is 17.4 Å². The molecule has 41 heavy (non-hydrogen) atoms. The zero-order chi connectivity index (χ0) is 28.6. The highest BCUT2D eigenvalue weighted by Gasteiger charge is 2.25. The predicted molar refractivity (Wildman–Crippen MR) is 157 cm³/mol. The van der Waals surface area contributed by atoms with E-state index >= 15 is 0 Å². The van der Waals surface area contributed by atoms with Gasteiger partial charge in [0.05, 0.1) is 31.6 Å². The first-order valence-electron chi connectivity index (χ1n) is 13.9. The second-order valence-corrected chi connectivity index (χ2v) is 9.77. The molecule has 0 atom stereocenters. The first-order chi connectivity index (χ1) is 20.1. The number of para-hydroxylation sites is 1. The van der Waals surface area contributed by atoms with Gasteiger partial charge in [0.15, 0.2) is 5.82 Å². The van der Waals surface area contributed by atoms with E-state index in [0.717, 1.165) is 34.1 Å². The molecule has 0 spiro atoms. The third-order valence-corrected chi connectivity index (χ3v) is 7.17. The number of benzene rings is 2. The van der Waals surface area contributed by atoms with Crippen molar-refractivity contribution in [2.24, 2.45) is 5.92 Å². The number of amides is 1. The fourth-order valence-electron chi connectivity index (χ4n) is 4.95. The maximum atomic E-state index is 12.9. The van der Waals surface area contributed by atoms with Crippen LogP contribution in [-0.2, 0) is 11.3 Å². The van der Waals surface area contributed by atoms with Crippen molar-refractivity contribution in [1.29, 1.82) is 0 Å². The second kappa shape index (κ2) is 13.1. The molecule has 1 fully saturated rings. The lowest BCUT2D eigenvalue weighted by atomic mass is 9.96. The number of carbonyl (C=O) groups excluding carboxylic acids is 1. The highest BCUT2D eigenvalue weighted by Crippen LogP contribution is 2.29. The third kappa shape index (κ3) is 6.71. The third-order valence-electron chi connectivity index (χ3n) is 7.17. The largest absolute Gasteiger partial charge is 0.496 e. The number of hydrogen-bond donors (Lipinski definition) is 1. The minimum atomic E-state index is -0.208. The zero-order valence-corrected chi connectivity index (χ0v) is 23.3. The molecule has 10 heteroatoms. The number of rotatable bonds is 10. The zero-order valence-electron chi connectivity index (χ0n) is 23.3. The van der Waals surface area contributed by atoms with E-state index in [1.165, 1.54) is 10.7 Å². The van der Waals surface area contributed by atoms with Crippen molar-refractivity contribution in [2.45, 2.75) is 26.3 Å². The lowest BCUT2D eigenvalue weighted by Gasteiger charge is -2.31. The summed E-state index contributed by atoms with van der Waals surface area (Å²) in [4.78, 5) is 27.4. The predicted octanol–water partition coefficient (Wildman–Crippen LogP) is 3.81. The molecule has 1 aliphatic heterocycles. The summed E-state index contributed by atoms with van der Waals surface area (Å²) in [6.07, 6.45) is 1.43. The van der Waals surface area contributed by atoms with Crippen LogP contribution >= 0.6 is 0 Å². The molecule has 1 N–H and O–H groups in total. The first-order valence-corrected chi connectivity index (χ1v) is 13.9. The molecule has 2 aromatic heterocycles. The molecule has 1 saturated heterocycles. The van der Waals surface area contributed by atoms with Crippen molar-refractivity contribution in [3.05, 3.63) is 83.2 Å². The molecule has 1 aliphatic rings. The Morgan fingerprint density at radius 2 is 1.71 bits per heavy atom. The van der Waals surface area contributed by atoms with Gasteiger partial charge in [0.2, 0.25) is 5.91 Å². The monoisotopic (exact) mass is 554 g/mol. The van der Waals surface area contributed by atoms with Crippen LogP contribution in [-0.4, -0.2) is 59.2 Å². The average molecular weight is 555 g/mol. The van der Waals surface area contributed by atoms with Crippen LogP contribution in [0.15, 0.2) is 77.6 Å². The highest BCUT2D eigenvalue weighted by molar-refractivity contribution is 5.79. The van der Waals surface area contributed by atoms with Crippen LogP contribution in [0.3, 0.4) is 0 Å². The standard InChI is InChI=1S/C31H34N6O4/c1-3-41-24-10-8-22(9-11-24)26-13-15-30(38)37(35-26)21-18-32-31(39)23-16-19-36(20-17-23)29-14-12-27(33-34-29)25-6-4-5-7-28(25)40-2/h4-15,23H,3,16-21H2,1-2H3,(H,32,39). The van der Waals surface area contributed by atoms with E-state index in [0.29, 0.717) is 51.3 Å². The van der Waals surface area contributed by atoms with Gasteiger partial charge in [-0.15, -0.1) is 10.2 Å². The maximum absolute atomic E-state index is 12.9. The Morgan fingerprint density at radius 1 is 0.951 bits per heavy atom. The Bertz CT molecular complexity index is 1510. The van der Waals surface area contributed by atoms with Crippen molar-refractivity contribution in [3.8, 4) is 34.0 Å². The lowest BCUT2D eigenvalue weighted by molar-refractivity contribution is -0.125. The molecule has 212 valence electrons. The number of nitrogens with zero attached hydrogens (tertiary/aromatic N) is 5. The number of hydrogen-bond acceptors (Lipinski definition) is 8. The fraction of sp³-hybridized carbons (Fsp3) is 0.323. The van der Waals surface area contributed by atoms with Gasteiger partial charge in [-0.1, -0.05) is 12.1 Å². The van der Waals surface area contributed by atoms with Gasteiger partial charge in [-0.05, 0) is 74.4 Å². The van der Waals surface area contributed by atoms with Crippen molar-refractivity contribution >= 4 is 11.7 Å². The van der Waals surface area contributed by atoms with Crippen LogP contribution in [0.25, 0.3) is 22.5 Å². The van der Waals surface area contributed by atoms with Gasteiger partial charge in [-0.2, -0.15) is 5.10 Å². The average Bonchev–Trinajstić information content (AvgIpc) is 3.02. The summed E-state index contributed by atoms with van der Waals surface area (Å²) >= 11 is 0. The van der Waals surface area contributed by atoms with E-state index in [9.17, 15) is 9.59 Å². The summed E-state index contributed by atoms with van der Waals surface area (Å²) in [5.74, 6) is 2.24. The molecule has 5 rings (SSSR count). The minimum absolute atomic E-state index is 0.00188. The molecule has 0 saturated carbocycles. The highest BCUT2D eigenvalue weighted by atomic mass is 16.5. The first kappa shape index (κ1) is 27.8. The number of methoxy groups -OCH3 is 1. The summed E-state index contributed by atoms with van der Waals surface area (Å²) in [6.45, 7) is 4.59. The summed E-state index contributed by atoms with van der Waals surface area (Å²) in [6, 6.07) is 22.4. The van der Waals surface area contributed by atoms with Crippen molar-refractivity contribution in [3.63, 3.8) is 0 Å². The number of carbonyl (C=O) groups is 1. The molecule has 0 radical (unpaired) electrons.